The lowest BCUT2D eigenvalue weighted by molar-refractivity contribution is 0.00578. The zero-order valence-electron chi connectivity index (χ0n) is 26.1. The standard InChI is InChI=1S/C40H35BN2O2/c1-39(2)40(3,4)45-41(44-39)35-25-26-37(32-20-12-11-19-31(32)35)42(28-15-7-5-8-16-28)30-23-24-34-33-21-13-14-22-36(33)43(38(34)27-30)29-17-9-6-10-18-29/h5-27H,1-4H3. The normalized spacial score (nSPS) is 15.7. The number of anilines is 3. The molecule has 1 aromatic heterocycles. The van der Waals surface area contributed by atoms with Crippen molar-refractivity contribution in [2.24, 2.45) is 0 Å². The van der Waals surface area contributed by atoms with E-state index < -0.39 is 18.3 Å². The number of hydrogen-bond donors (Lipinski definition) is 0. The Morgan fingerprint density at radius 2 is 1.09 bits per heavy atom. The van der Waals surface area contributed by atoms with E-state index in [0.717, 1.165) is 39.0 Å². The van der Waals surface area contributed by atoms with Gasteiger partial charge in [0, 0.05) is 33.2 Å². The van der Waals surface area contributed by atoms with Gasteiger partial charge in [-0.25, -0.2) is 0 Å². The molecule has 2 heterocycles. The van der Waals surface area contributed by atoms with Gasteiger partial charge in [-0.3, -0.25) is 0 Å². The monoisotopic (exact) mass is 586 g/mol. The second-order valence-corrected chi connectivity index (χ2v) is 12.9. The van der Waals surface area contributed by atoms with Crippen LogP contribution in [0.5, 0.6) is 0 Å². The van der Waals surface area contributed by atoms with Crippen LogP contribution in [-0.2, 0) is 9.31 Å². The Morgan fingerprint density at radius 1 is 0.511 bits per heavy atom. The van der Waals surface area contributed by atoms with Crippen molar-refractivity contribution in [3.05, 3.63) is 140 Å². The van der Waals surface area contributed by atoms with Crippen molar-refractivity contribution in [2.45, 2.75) is 38.9 Å². The predicted octanol–water partition coefficient (Wildman–Crippen LogP) is 9.71. The average Bonchev–Trinajstić information content (AvgIpc) is 3.50. The third-order valence-electron chi connectivity index (χ3n) is 9.63. The van der Waals surface area contributed by atoms with Crippen molar-refractivity contribution in [2.75, 3.05) is 4.90 Å². The summed E-state index contributed by atoms with van der Waals surface area (Å²) in [6.45, 7) is 8.41. The van der Waals surface area contributed by atoms with Gasteiger partial charge in [-0.2, -0.15) is 0 Å². The van der Waals surface area contributed by atoms with Crippen LogP contribution in [0.3, 0.4) is 0 Å². The third kappa shape index (κ3) is 4.46. The summed E-state index contributed by atoms with van der Waals surface area (Å²) in [7, 11) is -0.447. The first-order chi connectivity index (χ1) is 21.8. The van der Waals surface area contributed by atoms with Crippen LogP contribution in [0.4, 0.5) is 17.1 Å². The molecule has 0 spiro atoms. The van der Waals surface area contributed by atoms with Crippen LogP contribution in [0.15, 0.2) is 140 Å². The summed E-state index contributed by atoms with van der Waals surface area (Å²) in [6.07, 6.45) is 0. The summed E-state index contributed by atoms with van der Waals surface area (Å²) >= 11 is 0. The molecule has 1 aliphatic rings. The number of benzene rings is 6. The predicted molar refractivity (Wildman–Crippen MR) is 189 cm³/mol. The van der Waals surface area contributed by atoms with Gasteiger partial charge < -0.3 is 18.8 Å². The second-order valence-electron chi connectivity index (χ2n) is 12.9. The van der Waals surface area contributed by atoms with Crippen molar-refractivity contribution >= 4 is 62.2 Å². The van der Waals surface area contributed by atoms with Gasteiger partial charge >= 0.3 is 7.12 Å². The van der Waals surface area contributed by atoms with Gasteiger partial charge in [0.05, 0.1) is 27.9 Å². The molecule has 0 N–H and O–H groups in total. The van der Waals surface area contributed by atoms with E-state index in [9.17, 15) is 0 Å². The minimum atomic E-state index is -0.447. The van der Waals surface area contributed by atoms with Gasteiger partial charge in [0.2, 0.25) is 0 Å². The Kier molecular flexibility index (Phi) is 6.38. The Morgan fingerprint density at radius 3 is 1.80 bits per heavy atom. The molecule has 4 nitrogen and oxygen atoms in total. The molecule has 1 saturated heterocycles. The second kappa shape index (κ2) is 10.4. The van der Waals surface area contributed by atoms with Crippen molar-refractivity contribution in [1.29, 1.82) is 0 Å². The van der Waals surface area contributed by atoms with E-state index >= 15 is 0 Å². The lowest BCUT2D eigenvalue weighted by Crippen LogP contribution is -2.41. The maximum atomic E-state index is 6.52. The average molecular weight is 587 g/mol. The van der Waals surface area contributed by atoms with Gasteiger partial charge in [0.25, 0.3) is 0 Å². The Balaban J connectivity index is 1.35. The van der Waals surface area contributed by atoms with E-state index in [1.165, 1.54) is 21.8 Å². The first-order valence-corrected chi connectivity index (χ1v) is 15.6. The minimum absolute atomic E-state index is 0.417. The lowest BCUT2D eigenvalue weighted by atomic mass is 9.75. The molecule has 220 valence electrons. The summed E-state index contributed by atoms with van der Waals surface area (Å²) in [4.78, 5) is 2.36. The molecule has 5 heteroatoms. The van der Waals surface area contributed by atoms with Crippen LogP contribution in [0.25, 0.3) is 38.3 Å². The van der Waals surface area contributed by atoms with Gasteiger partial charge in [0.1, 0.15) is 0 Å². The highest BCUT2D eigenvalue weighted by Gasteiger charge is 2.52. The van der Waals surface area contributed by atoms with Crippen LogP contribution < -0.4 is 10.4 Å². The number of nitrogens with zero attached hydrogens (tertiary/aromatic N) is 2. The topological polar surface area (TPSA) is 26.6 Å². The molecule has 45 heavy (non-hydrogen) atoms. The van der Waals surface area contributed by atoms with Crippen LogP contribution in [-0.4, -0.2) is 22.9 Å². The zero-order valence-corrected chi connectivity index (χ0v) is 26.1. The van der Waals surface area contributed by atoms with Crippen molar-refractivity contribution in [1.82, 2.24) is 4.57 Å². The van der Waals surface area contributed by atoms with E-state index in [-0.39, 0.29) is 0 Å². The van der Waals surface area contributed by atoms with E-state index in [1.807, 2.05) is 0 Å². The number of fused-ring (bicyclic) bond motifs is 4. The highest BCUT2D eigenvalue weighted by molar-refractivity contribution is 6.65. The molecule has 0 radical (unpaired) electrons. The maximum absolute atomic E-state index is 6.52. The van der Waals surface area contributed by atoms with Gasteiger partial charge in [0.15, 0.2) is 0 Å². The molecule has 0 saturated carbocycles. The fraction of sp³-hybridized carbons (Fsp3) is 0.150. The zero-order chi connectivity index (χ0) is 30.8. The Hall–Kier alpha value is -4.84. The molecule has 0 unspecified atom stereocenters. The molecular formula is C40H35BN2O2. The SMILES string of the molecule is CC1(C)OB(c2ccc(N(c3ccccc3)c3ccc4c5ccccc5n(-c5ccccc5)c4c3)c3ccccc23)OC1(C)C. The van der Waals surface area contributed by atoms with E-state index in [4.69, 9.17) is 9.31 Å². The van der Waals surface area contributed by atoms with E-state index in [0.29, 0.717) is 0 Å². The minimum Gasteiger partial charge on any atom is -0.399 e. The number of para-hydroxylation sites is 3. The van der Waals surface area contributed by atoms with Crippen molar-refractivity contribution in [3.8, 4) is 5.69 Å². The van der Waals surface area contributed by atoms with Crippen LogP contribution >= 0.6 is 0 Å². The van der Waals surface area contributed by atoms with Crippen LogP contribution in [0, 0.1) is 0 Å². The molecule has 6 aromatic carbocycles. The Bertz CT molecular complexity index is 2170. The van der Waals surface area contributed by atoms with Crippen LogP contribution in [0.2, 0.25) is 0 Å². The molecule has 0 bridgehead atoms. The maximum Gasteiger partial charge on any atom is 0.495 e. The van der Waals surface area contributed by atoms with Crippen molar-refractivity contribution in [3.63, 3.8) is 0 Å². The fourth-order valence-electron chi connectivity index (χ4n) is 6.63. The van der Waals surface area contributed by atoms with Crippen LogP contribution in [0.1, 0.15) is 27.7 Å². The molecule has 7 aromatic rings. The highest BCUT2D eigenvalue weighted by Crippen LogP contribution is 2.43. The van der Waals surface area contributed by atoms with Gasteiger partial charge in [-0.05, 0) is 87.1 Å². The number of rotatable bonds is 5. The van der Waals surface area contributed by atoms with Crippen molar-refractivity contribution < 1.29 is 9.31 Å². The molecular weight excluding hydrogens is 551 g/mol. The fourth-order valence-corrected chi connectivity index (χ4v) is 6.63. The highest BCUT2D eigenvalue weighted by atomic mass is 16.7. The molecule has 1 aliphatic heterocycles. The third-order valence-corrected chi connectivity index (χ3v) is 9.63. The summed E-state index contributed by atoms with van der Waals surface area (Å²) in [6, 6.07) is 49.7. The van der Waals surface area contributed by atoms with Gasteiger partial charge in [-0.1, -0.05) is 91.0 Å². The molecule has 0 aliphatic carbocycles. The van der Waals surface area contributed by atoms with Gasteiger partial charge in [-0.15, -0.1) is 0 Å². The summed E-state index contributed by atoms with van der Waals surface area (Å²) in [5, 5.41) is 4.73. The number of hydrogen-bond acceptors (Lipinski definition) is 3. The smallest absolute Gasteiger partial charge is 0.399 e. The molecule has 0 amide bonds. The molecule has 0 atom stereocenters. The summed E-state index contributed by atoms with van der Waals surface area (Å²) in [5.41, 5.74) is 6.98. The quantitative estimate of drug-likeness (QED) is 0.188. The molecule has 8 rings (SSSR count). The number of aromatic nitrogens is 1. The van der Waals surface area contributed by atoms with E-state index in [2.05, 4.69) is 177 Å². The molecule has 1 fully saturated rings. The summed E-state index contributed by atoms with van der Waals surface area (Å²) in [5.74, 6) is 0. The Labute approximate surface area is 264 Å². The van der Waals surface area contributed by atoms with E-state index in [1.54, 1.807) is 0 Å². The summed E-state index contributed by atoms with van der Waals surface area (Å²) < 4.78 is 15.4. The lowest BCUT2D eigenvalue weighted by Gasteiger charge is -2.32. The largest absolute Gasteiger partial charge is 0.495 e. The first-order valence-electron chi connectivity index (χ1n) is 15.6. The first kappa shape index (κ1) is 27.7.